The maximum absolute atomic E-state index is 12.2. The maximum atomic E-state index is 12.2. The molecule has 10 heteroatoms. The molecule has 0 aliphatic carbocycles. The zero-order valence-corrected chi connectivity index (χ0v) is 15.1. The van der Waals surface area contributed by atoms with Gasteiger partial charge in [0.2, 0.25) is 0 Å². The molecule has 138 valence electrons. The number of hydrogen-bond acceptors (Lipinski definition) is 7. The van der Waals surface area contributed by atoms with E-state index in [9.17, 15) is 26.9 Å². The molecule has 2 rings (SSSR count). The van der Waals surface area contributed by atoms with Gasteiger partial charge in [0.1, 0.15) is 12.4 Å². The maximum Gasteiger partial charge on any atom is 0.269 e. The van der Waals surface area contributed by atoms with Crippen molar-refractivity contribution in [1.82, 2.24) is 0 Å². The summed E-state index contributed by atoms with van der Waals surface area (Å²) in [5.41, 5.74) is -0.199. The summed E-state index contributed by atoms with van der Waals surface area (Å²) in [6.07, 6.45) is 0. The van der Waals surface area contributed by atoms with Crippen molar-refractivity contribution >= 4 is 25.4 Å². The summed E-state index contributed by atoms with van der Waals surface area (Å²) in [5, 5.41) is 11.4. The number of nitrogens with zero attached hydrogens (tertiary/aromatic N) is 1. The van der Waals surface area contributed by atoms with E-state index in [2.05, 4.69) is 6.58 Å². The van der Waals surface area contributed by atoms with E-state index in [1.54, 1.807) is 0 Å². The molecule has 0 fully saturated rings. The van der Waals surface area contributed by atoms with Gasteiger partial charge < -0.3 is 4.74 Å². The number of benzene rings is 2. The molecular weight excluding hydrogens is 382 g/mol. The molecule has 0 N–H and O–H groups in total. The Morgan fingerprint density at radius 1 is 0.962 bits per heavy atom. The van der Waals surface area contributed by atoms with Gasteiger partial charge in [-0.05, 0) is 36.4 Å². The van der Waals surface area contributed by atoms with Gasteiger partial charge in [0, 0.05) is 17.5 Å². The van der Waals surface area contributed by atoms with Crippen LogP contribution in [0.2, 0.25) is 0 Å². The first-order chi connectivity index (χ1) is 12.2. The SMILES string of the molecule is C=CS(=O)(=O)c1ccc(OCCS(=O)(=O)c2ccc([N+](=O)[O-])cc2)cc1. The van der Waals surface area contributed by atoms with Gasteiger partial charge in [0.15, 0.2) is 19.7 Å². The Morgan fingerprint density at radius 2 is 1.50 bits per heavy atom. The van der Waals surface area contributed by atoms with Gasteiger partial charge in [-0.2, -0.15) is 0 Å². The fourth-order valence-electron chi connectivity index (χ4n) is 1.98. The van der Waals surface area contributed by atoms with Gasteiger partial charge in [0.25, 0.3) is 5.69 Å². The highest BCUT2D eigenvalue weighted by molar-refractivity contribution is 7.94. The zero-order valence-electron chi connectivity index (χ0n) is 13.4. The van der Waals surface area contributed by atoms with Crippen LogP contribution in [-0.2, 0) is 19.7 Å². The normalized spacial score (nSPS) is 11.7. The summed E-state index contributed by atoms with van der Waals surface area (Å²) in [4.78, 5) is 9.99. The molecule has 0 heterocycles. The van der Waals surface area contributed by atoms with Gasteiger partial charge in [-0.15, -0.1) is 0 Å². The molecule has 0 bridgehead atoms. The quantitative estimate of drug-likeness (QED) is 0.495. The van der Waals surface area contributed by atoms with E-state index in [0.717, 1.165) is 17.5 Å². The molecule has 2 aromatic carbocycles. The largest absolute Gasteiger partial charge is 0.493 e. The average molecular weight is 397 g/mol. The zero-order chi connectivity index (χ0) is 19.4. The number of sulfone groups is 2. The Balaban J connectivity index is 2.00. The molecule has 0 radical (unpaired) electrons. The number of nitro groups is 1. The lowest BCUT2D eigenvalue weighted by atomic mass is 10.3. The van der Waals surface area contributed by atoms with Gasteiger partial charge >= 0.3 is 0 Å². The van der Waals surface area contributed by atoms with E-state index < -0.39 is 24.6 Å². The molecular formula is C16H15NO7S2. The van der Waals surface area contributed by atoms with Crippen molar-refractivity contribution in [2.45, 2.75) is 9.79 Å². The second-order valence-electron chi connectivity index (χ2n) is 5.10. The third-order valence-electron chi connectivity index (χ3n) is 3.40. The van der Waals surface area contributed by atoms with E-state index in [4.69, 9.17) is 4.74 Å². The van der Waals surface area contributed by atoms with Crippen LogP contribution < -0.4 is 4.74 Å². The van der Waals surface area contributed by atoms with Crippen LogP contribution in [0.15, 0.2) is 70.3 Å². The lowest BCUT2D eigenvalue weighted by molar-refractivity contribution is -0.384. The molecule has 2 aromatic rings. The molecule has 8 nitrogen and oxygen atoms in total. The minimum atomic E-state index is -3.66. The number of non-ortho nitro benzene ring substituents is 1. The highest BCUT2D eigenvalue weighted by atomic mass is 32.2. The first-order valence-electron chi connectivity index (χ1n) is 7.23. The number of rotatable bonds is 8. The second kappa shape index (κ2) is 7.67. The van der Waals surface area contributed by atoms with Gasteiger partial charge in [-0.3, -0.25) is 10.1 Å². The molecule has 0 atom stereocenters. The first kappa shape index (κ1) is 19.6. The highest BCUT2D eigenvalue weighted by Gasteiger charge is 2.16. The predicted octanol–water partition coefficient (Wildman–Crippen LogP) is 2.36. The molecule has 0 saturated heterocycles. The van der Waals surface area contributed by atoms with Crippen molar-refractivity contribution in [2.24, 2.45) is 0 Å². The summed E-state index contributed by atoms with van der Waals surface area (Å²) in [5.74, 6) is -0.0238. The fourth-order valence-corrected chi connectivity index (χ4v) is 3.78. The van der Waals surface area contributed by atoms with Crippen LogP contribution in [0.4, 0.5) is 5.69 Å². The molecule has 26 heavy (non-hydrogen) atoms. The molecule has 0 unspecified atom stereocenters. The van der Waals surface area contributed by atoms with Crippen LogP contribution in [0.5, 0.6) is 5.75 Å². The summed E-state index contributed by atoms with van der Waals surface area (Å²) in [7, 11) is -7.20. The fraction of sp³-hybridized carbons (Fsp3) is 0.125. The summed E-state index contributed by atoms with van der Waals surface area (Å²) < 4.78 is 52.9. The molecule has 0 amide bonds. The lowest BCUT2D eigenvalue weighted by Gasteiger charge is -2.08. The van der Waals surface area contributed by atoms with Crippen molar-refractivity contribution < 1.29 is 26.5 Å². The third-order valence-corrected chi connectivity index (χ3v) is 6.46. The Kier molecular flexibility index (Phi) is 5.78. The highest BCUT2D eigenvalue weighted by Crippen LogP contribution is 2.19. The van der Waals surface area contributed by atoms with Crippen LogP contribution in [0.3, 0.4) is 0 Å². The van der Waals surface area contributed by atoms with Crippen molar-refractivity contribution in [2.75, 3.05) is 12.4 Å². The van der Waals surface area contributed by atoms with Crippen LogP contribution >= 0.6 is 0 Å². The Hall–Kier alpha value is -2.72. The first-order valence-corrected chi connectivity index (χ1v) is 10.4. The smallest absolute Gasteiger partial charge is 0.269 e. The van der Waals surface area contributed by atoms with Crippen LogP contribution in [0.25, 0.3) is 0 Å². The summed E-state index contributed by atoms with van der Waals surface area (Å²) in [6, 6.07) is 10.1. The number of nitro benzene ring substituents is 1. The number of hydrogen-bond donors (Lipinski definition) is 0. The standard InChI is InChI=1S/C16H15NO7S2/c1-2-25(20,21)15-9-5-14(6-10-15)24-11-12-26(22,23)16-7-3-13(4-8-16)17(18)19/h2-10H,1,11-12H2. The molecule has 0 aromatic heterocycles. The van der Waals surface area contributed by atoms with E-state index in [1.807, 2.05) is 0 Å². The predicted molar refractivity (Wildman–Crippen MR) is 94.5 cm³/mol. The van der Waals surface area contributed by atoms with E-state index in [-0.39, 0.29) is 27.8 Å². The van der Waals surface area contributed by atoms with Crippen LogP contribution in [0, 0.1) is 10.1 Å². The monoisotopic (exact) mass is 397 g/mol. The van der Waals surface area contributed by atoms with Crippen molar-refractivity contribution in [3.8, 4) is 5.75 Å². The second-order valence-corrected chi connectivity index (χ2v) is 9.11. The lowest BCUT2D eigenvalue weighted by Crippen LogP contribution is -2.14. The molecule has 0 aliphatic rings. The minimum absolute atomic E-state index is 0.0425. The molecule has 0 spiro atoms. The minimum Gasteiger partial charge on any atom is -0.493 e. The summed E-state index contributed by atoms with van der Waals surface area (Å²) in [6.45, 7) is 3.07. The topological polar surface area (TPSA) is 121 Å². The van der Waals surface area contributed by atoms with Gasteiger partial charge in [-0.1, -0.05) is 6.58 Å². The van der Waals surface area contributed by atoms with E-state index in [0.29, 0.717) is 5.75 Å². The Bertz CT molecular complexity index is 1010. The van der Waals surface area contributed by atoms with Crippen LogP contribution in [0.1, 0.15) is 0 Å². The van der Waals surface area contributed by atoms with Gasteiger partial charge in [0.05, 0.1) is 20.5 Å². The van der Waals surface area contributed by atoms with E-state index >= 15 is 0 Å². The number of ether oxygens (including phenoxy) is 1. The average Bonchev–Trinajstić information content (AvgIpc) is 2.62. The molecule has 0 aliphatic heterocycles. The van der Waals surface area contributed by atoms with E-state index in [1.165, 1.54) is 36.4 Å². The van der Waals surface area contributed by atoms with Crippen molar-refractivity contribution in [3.63, 3.8) is 0 Å². The Morgan fingerprint density at radius 3 is 2.00 bits per heavy atom. The van der Waals surface area contributed by atoms with Crippen molar-refractivity contribution in [3.05, 3.63) is 70.6 Å². The molecule has 0 saturated carbocycles. The van der Waals surface area contributed by atoms with Gasteiger partial charge in [-0.25, -0.2) is 16.8 Å². The summed E-state index contributed by atoms with van der Waals surface area (Å²) >= 11 is 0. The Labute approximate surface area is 150 Å². The van der Waals surface area contributed by atoms with Crippen molar-refractivity contribution in [1.29, 1.82) is 0 Å². The third kappa shape index (κ3) is 4.67. The van der Waals surface area contributed by atoms with Crippen LogP contribution in [-0.4, -0.2) is 34.1 Å².